The van der Waals surface area contributed by atoms with Gasteiger partial charge in [0, 0.05) is 25.0 Å². The van der Waals surface area contributed by atoms with Crippen molar-refractivity contribution >= 4 is 11.9 Å². The van der Waals surface area contributed by atoms with Crippen LogP contribution in [0.25, 0.3) is 11.1 Å². The van der Waals surface area contributed by atoms with Gasteiger partial charge < -0.3 is 23.7 Å². The molecule has 28 heavy (non-hydrogen) atoms. The molecule has 0 spiro atoms. The minimum Gasteiger partial charge on any atom is -0.493 e. The van der Waals surface area contributed by atoms with E-state index in [2.05, 4.69) is 0 Å². The molecule has 0 unspecified atom stereocenters. The molecule has 7 nitrogen and oxygen atoms in total. The van der Waals surface area contributed by atoms with E-state index in [4.69, 9.17) is 23.7 Å². The zero-order valence-corrected chi connectivity index (χ0v) is 16.7. The van der Waals surface area contributed by atoms with Gasteiger partial charge in [-0.2, -0.15) is 0 Å². The number of esters is 2. The summed E-state index contributed by atoms with van der Waals surface area (Å²) in [5.74, 6) is 0.498. The second kappa shape index (κ2) is 9.64. The van der Waals surface area contributed by atoms with Crippen molar-refractivity contribution in [2.75, 3.05) is 21.3 Å². The third-order valence-electron chi connectivity index (χ3n) is 4.06. The molecule has 0 aliphatic rings. The van der Waals surface area contributed by atoms with Gasteiger partial charge in [-0.1, -0.05) is 24.3 Å². The van der Waals surface area contributed by atoms with Crippen molar-refractivity contribution in [1.29, 1.82) is 0 Å². The Kier molecular flexibility index (Phi) is 7.26. The average Bonchev–Trinajstić information content (AvgIpc) is 2.69. The van der Waals surface area contributed by atoms with Crippen LogP contribution in [0.3, 0.4) is 0 Å². The fourth-order valence-corrected chi connectivity index (χ4v) is 2.86. The van der Waals surface area contributed by atoms with Crippen molar-refractivity contribution in [3.8, 4) is 28.4 Å². The topological polar surface area (TPSA) is 80.3 Å². The first-order valence-corrected chi connectivity index (χ1v) is 8.59. The molecule has 0 N–H and O–H groups in total. The fraction of sp³-hybridized carbons (Fsp3) is 0.333. The highest BCUT2D eigenvalue weighted by molar-refractivity contribution is 5.82. The maximum absolute atomic E-state index is 11.4. The summed E-state index contributed by atoms with van der Waals surface area (Å²) in [6.07, 6.45) is 0. The molecule has 0 aromatic heterocycles. The summed E-state index contributed by atoms with van der Waals surface area (Å²) in [6, 6.07) is 9.17. The second-order valence-electron chi connectivity index (χ2n) is 5.90. The summed E-state index contributed by atoms with van der Waals surface area (Å²) in [7, 11) is 4.55. The first-order chi connectivity index (χ1) is 13.4. The fourth-order valence-electron chi connectivity index (χ4n) is 2.86. The van der Waals surface area contributed by atoms with Crippen LogP contribution in [0.1, 0.15) is 25.0 Å². The Morgan fingerprint density at radius 3 is 1.89 bits per heavy atom. The monoisotopic (exact) mass is 388 g/mol. The van der Waals surface area contributed by atoms with Crippen molar-refractivity contribution in [2.45, 2.75) is 27.1 Å². The molecule has 2 rings (SSSR count). The Morgan fingerprint density at radius 1 is 0.786 bits per heavy atom. The molecule has 0 atom stereocenters. The molecular formula is C21H24O7. The zero-order valence-electron chi connectivity index (χ0n) is 16.7. The smallest absolute Gasteiger partial charge is 0.302 e. The Labute approximate surface area is 164 Å². The third-order valence-corrected chi connectivity index (χ3v) is 4.06. The maximum Gasteiger partial charge on any atom is 0.302 e. The summed E-state index contributed by atoms with van der Waals surface area (Å²) < 4.78 is 27.0. The summed E-state index contributed by atoms with van der Waals surface area (Å²) in [5, 5.41) is 0. The molecule has 0 amide bonds. The van der Waals surface area contributed by atoms with Crippen LogP contribution in [-0.4, -0.2) is 33.3 Å². The number of rotatable bonds is 8. The van der Waals surface area contributed by atoms with Crippen LogP contribution in [-0.2, 0) is 32.3 Å². The van der Waals surface area contributed by atoms with Gasteiger partial charge >= 0.3 is 11.9 Å². The molecule has 0 fully saturated rings. The standard InChI is InChI=1S/C21H24O7/c1-13(22)27-11-15-8-6-7-9-17(15)19-16(12-28-14(2)23)10-18(24-3)20(25-4)21(19)26-5/h6-10H,11-12H2,1-5H3. The van der Waals surface area contributed by atoms with Crippen LogP contribution in [0, 0.1) is 0 Å². The number of hydrogen-bond acceptors (Lipinski definition) is 7. The minimum atomic E-state index is -0.409. The average molecular weight is 388 g/mol. The molecule has 0 aliphatic heterocycles. The lowest BCUT2D eigenvalue weighted by molar-refractivity contribution is -0.143. The van der Waals surface area contributed by atoms with Gasteiger partial charge in [-0.15, -0.1) is 0 Å². The van der Waals surface area contributed by atoms with E-state index in [1.54, 1.807) is 6.07 Å². The Morgan fingerprint density at radius 2 is 1.36 bits per heavy atom. The van der Waals surface area contributed by atoms with E-state index >= 15 is 0 Å². The van der Waals surface area contributed by atoms with Crippen LogP contribution < -0.4 is 14.2 Å². The van der Waals surface area contributed by atoms with Crippen molar-refractivity contribution in [3.63, 3.8) is 0 Å². The number of methoxy groups -OCH3 is 3. The van der Waals surface area contributed by atoms with E-state index in [1.165, 1.54) is 35.2 Å². The summed E-state index contributed by atoms with van der Waals surface area (Å²) in [5.41, 5.74) is 2.88. The van der Waals surface area contributed by atoms with Gasteiger partial charge in [-0.3, -0.25) is 9.59 Å². The lowest BCUT2D eigenvalue weighted by Crippen LogP contribution is -2.06. The van der Waals surface area contributed by atoms with Crippen LogP contribution in [0.2, 0.25) is 0 Å². The highest BCUT2D eigenvalue weighted by Crippen LogP contribution is 2.47. The molecule has 7 heteroatoms. The quantitative estimate of drug-likeness (QED) is 0.640. The van der Waals surface area contributed by atoms with Gasteiger partial charge in [0.2, 0.25) is 5.75 Å². The van der Waals surface area contributed by atoms with Crippen LogP contribution >= 0.6 is 0 Å². The molecule has 150 valence electrons. The Bertz CT molecular complexity index is 858. The molecule has 0 saturated heterocycles. The van der Waals surface area contributed by atoms with Gasteiger partial charge in [0.1, 0.15) is 13.2 Å². The largest absolute Gasteiger partial charge is 0.493 e. The molecule has 0 bridgehead atoms. The molecule has 0 radical (unpaired) electrons. The summed E-state index contributed by atoms with van der Waals surface area (Å²) in [4.78, 5) is 22.6. The number of hydrogen-bond donors (Lipinski definition) is 0. The van der Waals surface area contributed by atoms with Gasteiger partial charge in [-0.05, 0) is 17.2 Å². The van der Waals surface area contributed by atoms with Crippen molar-refractivity contribution < 1.29 is 33.3 Å². The van der Waals surface area contributed by atoms with Crippen molar-refractivity contribution in [3.05, 3.63) is 41.5 Å². The van der Waals surface area contributed by atoms with Crippen LogP contribution in [0.15, 0.2) is 30.3 Å². The molecule has 0 saturated carbocycles. The maximum atomic E-state index is 11.4. The third kappa shape index (κ3) is 4.73. The second-order valence-corrected chi connectivity index (χ2v) is 5.90. The van der Waals surface area contributed by atoms with Gasteiger partial charge in [-0.25, -0.2) is 0 Å². The van der Waals surface area contributed by atoms with Crippen LogP contribution in [0.4, 0.5) is 0 Å². The first kappa shape index (κ1) is 21.1. The van der Waals surface area contributed by atoms with E-state index < -0.39 is 5.97 Å². The summed E-state index contributed by atoms with van der Waals surface area (Å²) in [6.45, 7) is 2.80. The summed E-state index contributed by atoms with van der Waals surface area (Å²) >= 11 is 0. The molecule has 0 aliphatic carbocycles. The van der Waals surface area contributed by atoms with E-state index in [-0.39, 0.29) is 19.2 Å². The predicted molar refractivity (Wildman–Crippen MR) is 102 cm³/mol. The molecular weight excluding hydrogens is 364 g/mol. The van der Waals surface area contributed by atoms with E-state index in [1.807, 2.05) is 24.3 Å². The highest BCUT2D eigenvalue weighted by atomic mass is 16.5. The Balaban J connectivity index is 2.73. The van der Waals surface area contributed by atoms with E-state index in [0.717, 1.165) is 11.1 Å². The van der Waals surface area contributed by atoms with Gasteiger partial charge in [0.15, 0.2) is 11.5 Å². The zero-order chi connectivity index (χ0) is 20.7. The lowest BCUT2D eigenvalue weighted by Gasteiger charge is -2.21. The Hall–Kier alpha value is -3.22. The van der Waals surface area contributed by atoms with Gasteiger partial charge in [0.05, 0.1) is 21.3 Å². The molecule has 0 heterocycles. The first-order valence-electron chi connectivity index (χ1n) is 8.59. The number of benzene rings is 2. The lowest BCUT2D eigenvalue weighted by atomic mass is 9.94. The van der Waals surface area contributed by atoms with Crippen molar-refractivity contribution in [2.24, 2.45) is 0 Å². The van der Waals surface area contributed by atoms with Crippen molar-refractivity contribution in [1.82, 2.24) is 0 Å². The van der Waals surface area contributed by atoms with E-state index in [0.29, 0.717) is 28.4 Å². The molecule has 2 aromatic rings. The minimum absolute atomic E-state index is 0.0171. The van der Waals surface area contributed by atoms with Crippen LogP contribution in [0.5, 0.6) is 17.2 Å². The van der Waals surface area contributed by atoms with E-state index in [9.17, 15) is 9.59 Å². The SMILES string of the molecule is COc1cc(COC(C)=O)c(-c2ccccc2COC(C)=O)c(OC)c1OC. The van der Waals surface area contributed by atoms with Gasteiger partial charge in [0.25, 0.3) is 0 Å². The molecule has 2 aromatic carbocycles. The number of carbonyl (C=O) groups is 2. The number of ether oxygens (including phenoxy) is 5. The highest BCUT2D eigenvalue weighted by Gasteiger charge is 2.24. The normalized spacial score (nSPS) is 10.2. The number of carbonyl (C=O) groups excluding carboxylic acids is 2. The predicted octanol–water partition coefficient (Wildman–Crippen LogP) is 3.51.